The van der Waals surface area contributed by atoms with Gasteiger partial charge in [0.15, 0.2) is 5.78 Å². The molecule has 0 bridgehead atoms. The van der Waals surface area contributed by atoms with Gasteiger partial charge in [0.2, 0.25) is 0 Å². The maximum absolute atomic E-state index is 13.4. The van der Waals surface area contributed by atoms with Crippen LogP contribution in [0.1, 0.15) is 53.5 Å². The summed E-state index contributed by atoms with van der Waals surface area (Å²) >= 11 is 0. The molecule has 26 heavy (non-hydrogen) atoms. The second-order valence-electron chi connectivity index (χ2n) is 7.32. The van der Waals surface area contributed by atoms with Gasteiger partial charge in [-0.1, -0.05) is 33.4 Å². The highest BCUT2D eigenvalue weighted by Gasteiger charge is 2.44. The molecule has 0 saturated heterocycles. The lowest BCUT2D eigenvalue weighted by Crippen LogP contribution is -2.30. The molecule has 0 aliphatic heterocycles. The predicted molar refractivity (Wildman–Crippen MR) is 101 cm³/mol. The van der Waals surface area contributed by atoms with Gasteiger partial charge in [-0.05, 0) is 41.3 Å². The van der Waals surface area contributed by atoms with Gasteiger partial charge in [-0.3, -0.25) is 4.79 Å². The lowest BCUT2D eigenvalue weighted by Gasteiger charge is -2.34. The Morgan fingerprint density at radius 3 is 2.69 bits per heavy atom. The quantitative estimate of drug-likeness (QED) is 0.743. The maximum atomic E-state index is 13.4. The van der Waals surface area contributed by atoms with Gasteiger partial charge in [0.25, 0.3) is 5.82 Å². The highest BCUT2D eigenvalue weighted by Crippen LogP contribution is 2.50. The highest BCUT2D eigenvalue weighted by atomic mass is 16.5. The third-order valence-electron chi connectivity index (χ3n) is 5.69. The van der Waals surface area contributed by atoms with E-state index in [0.29, 0.717) is 12.2 Å². The van der Waals surface area contributed by atoms with Gasteiger partial charge in [-0.25, -0.2) is 0 Å². The number of rotatable bonds is 2. The number of ketones is 1. The number of nitrogens with zero attached hydrogens (tertiary/aromatic N) is 2. The Labute approximate surface area is 153 Å². The van der Waals surface area contributed by atoms with Crippen molar-refractivity contribution in [3.63, 3.8) is 0 Å². The molecular weight excluding hydrogens is 324 g/mol. The largest absolute Gasteiger partial charge is 0.496 e. The van der Waals surface area contributed by atoms with Crippen LogP contribution in [0.5, 0.6) is 5.75 Å². The van der Waals surface area contributed by atoms with Gasteiger partial charge in [-0.15, -0.1) is 4.98 Å². The molecule has 1 heterocycles. The first-order valence-corrected chi connectivity index (χ1v) is 8.79. The minimum atomic E-state index is -0.295. The standard InChI is InChI=1S/C22H20N2O2/c1-6-12-9-14-15(11-18(12)26-5)22(2,3)16-10-17-13(20(16)21(14)25)7-8-19(23-4)24-17/h7-9,11H,6,10H2,1-3,5H3. The third-order valence-corrected chi connectivity index (χ3v) is 5.69. The van der Waals surface area contributed by atoms with Crippen LogP contribution in [0.2, 0.25) is 0 Å². The van der Waals surface area contributed by atoms with Crippen LogP contribution in [0.4, 0.5) is 5.82 Å². The van der Waals surface area contributed by atoms with Crippen LogP contribution in [0.25, 0.3) is 10.4 Å². The van der Waals surface area contributed by atoms with Crippen molar-refractivity contribution < 1.29 is 9.53 Å². The Balaban J connectivity index is 1.95. The summed E-state index contributed by atoms with van der Waals surface area (Å²) in [5.74, 6) is 1.27. The second kappa shape index (κ2) is 5.54. The molecule has 0 atom stereocenters. The molecule has 2 aliphatic carbocycles. The number of allylic oxidation sites excluding steroid dienone is 2. The van der Waals surface area contributed by atoms with Crippen molar-refractivity contribution in [1.29, 1.82) is 0 Å². The van der Waals surface area contributed by atoms with Gasteiger partial charge in [0.05, 0.1) is 7.11 Å². The molecule has 4 nitrogen and oxygen atoms in total. The van der Waals surface area contributed by atoms with Gasteiger partial charge < -0.3 is 9.58 Å². The average Bonchev–Trinajstić information content (AvgIpc) is 3.05. The molecule has 0 amide bonds. The number of Topliss-reactive ketones (excluding diaryl/α,β-unsaturated/α-hetero) is 1. The van der Waals surface area contributed by atoms with Crippen molar-refractivity contribution >= 4 is 17.2 Å². The number of hydrogen-bond donors (Lipinski definition) is 0. The number of aryl methyl sites for hydroxylation is 1. The van der Waals surface area contributed by atoms with E-state index in [1.54, 1.807) is 13.2 Å². The summed E-state index contributed by atoms with van der Waals surface area (Å²) in [5, 5.41) is 0. The molecule has 1 aromatic carbocycles. The van der Waals surface area contributed by atoms with E-state index in [4.69, 9.17) is 11.3 Å². The number of fused-ring (bicyclic) bond motifs is 3. The van der Waals surface area contributed by atoms with Crippen molar-refractivity contribution in [2.45, 2.75) is 39.0 Å². The topological polar surface area (TPSA) is 43.5 Å². The lowest BCUT2D eigenvalue weighted by molar-refractivity contribution is 0.105. The molecule has 2 aliphatic rings. The second-order valence-corrected chi connectivity index (χ2v) is 7.32. The van der Waals surface area contributed by atoms with Gasteiger partial charge >= 0.3 is 0 Å². The Morgan fingerprint density at radius 1 is 1.27 bits per heavy atom. The van der Waals surface area contributed by atoms with Crippen LogP contribution in [0.15, 0.2) is 29.8 Å². The van der Waals surface area contributed by atoms with Crippen LogP contribution in [-0.4, -0.2) is 17.9 Å². The molecule has 4 heteroatoms. The van der Waals surface area contributed by atoms with Crippen LogP contribution in [-0.2, 0) is 18.3 Å². The monoisotopic (exact) mass is 344 g/mol. The molecule has 0 unspecified atom stereocenters. The predicted octanol–water partition coefficient (Wildman–Crippen LogP) is 4.69. The van der Waals surface area contributed by atoms with E-state index >= 15 is 0 Å². The SMILES string of the molecule is [C-]#[N+]c1ccc2c(n1)CC1=C2C(=O)c2cc(CC)c(OC)cc2C1(C)C. The summed E-state index contributed by atoms with van der Waals surface area (Å²) in [6.07, 6.45) is 1.42. The van der Waals surface area contributed by atoms with Crippen molar-refractivity contribution in [3.8, 4) is 5.75 Å². The smallest absolute Gasteiger partial charge is 0.269 e. The van der Waals surface area contributed by atoms with Crippen molar-refractivity contribution in [1.82, 2.24) is 4.98 Å². The molecule has 0 fully saturated rings. The summed E-state index contributed by atoms with van der Waals surface area (Å²) in [6.45, 7) is 13.6. The van der Waals surface area contributed by atoms with E-state index < -0.39 is 0 Å². The fourth-order valence-corrected chi connectivity index (χ4v) is 4.22. The summed E-state index contributed by atoms with van der Waals surface area (Å²) in [5.41, 5.74) is 6.09. The number of carbonyl (C=O) groups is 1. The minimum absolute atomic E-state index is 0.0581. The molecular formula is C22H20N2O2. The Hall–Kier alpha value is -2.93. The molecule has 0 radical (unpaired) electrons. The van der Waals surface area contributed by atoms with Crippen molar-refractivity contribution in [2.75, 3.05) is 7.11 Å². The van der Waals surface area contributed by atoms with Crippen molar-refractivity contribution in [2.24, 2.45) is 0 Å². The van der Waals surface area contributed by atoms with E-state index in [2.05, 4.69) is 30.6 Å². The van der Waals surface area contributed by atoms with Crippen molar-refractivity contribution in [3.05, 3.63) is 69.2 Å². The molecule has 1 aromatic heterocycles. The third kappa shape index (κ3) is 2.07. The highest BCUT2D eigenvalue weighted by molar-refractivity contribution is 6.33. The van der Waals surface area contributed by atoms with Crippen LogP contribution >= 0.6 is 0 Å². The zero-order valence-corrected chi connectivity index (χ0v) is 15.4. The van der Waals surface area contributed by atoms with Crippen LogP contribution in [0, 0.1) is 6.57 Å². The summed E-state index contributed by atoms with van der Waals surface area (Å²) in [7, 11) is 1.67. The summed E-state index contributed by atoms with van der Waals surface area (Å²) < 4.78 is 5.56. The first-order valence-electron chi connectivity index (χ1n) is 8.79. The molecule has 0 N–H and O–H groups in total. The van der Waals surface area contributed by atoms with E-state index in [1.165, 1.54) is 0 Å². The fraction of sp³-hybridized carbons (Fsp3) is 0.318. The number of pyridine rings is 1. The number of ether oxygens (including phenoxy) is 1. The zero-order valence-electron chi connectivity index (χ0n) is 15.4. The van der Waals surface area contributed by atoms with Gasteiger partial charge in [0, 0.05) is 28.5 Å². The Kier molecular flexibility index (Phi) is 3.52. The van der Waals surface area contributed by atoms with E-state index in [0.717, 1.165) is 51.3 Å². The molecule has 4 rings (SSSR count). The van der Waals surface area contributed by atoms with Gasteiger partial charge in [-0.2, -0.15) is 0 Å². The van der Waals surface area contributed by atoms with E-state index in [1.807, 2.05) is 18.2 Å². The maximum Gasteiger partial charge on any atom is 0.269 e. The summed E-state index contributed by atoms with van der Waals surface area (Å²) in [6, 6.07) is 7.59. The number of methoxy groups -OCH3 is 1. The van der Waals surface area contributed by atoms with Crippen LogP contribution in [0.3, 0.4) is 0 Å². The Morgan fingerprint density at radius 2 is 2.04 bits per heavy atom. The molecule has 2 aromatic rings. The van der Waals surface area contributed by atoms with Crippen LogP contribution < -0.4 is 4.74 Å². The fourth-order valence-electron chi connectivity index (χ4n) is 4.22. The number of benzene rings is 1. The number of hydrogen-bond acceptors (Lipinski definition) is 3. The zero-order chi connectivity index (χ0) is 18.6. The molecule has 0 saturated carbocycles. The minimum Gasteiger partial charge on any atom is -0.496 e. The average molecular weight is 344 g/mol. The number of aromatic nitrogens is 1. The van der Waals surface area contributed by atoms with E-state index in [9.17, 15) is 4.79 Å². The van der Waals surface area contributed by atoms with E-state index in [-0.39, 0.29) is 11.2 Å². The molecule has 130 valence electrons. The normalized spacial score (nSPS) is 16.7. The summed E-state index contributed by atoms with van der Waals surface area (Å²) in [4.78, 5) is 21.3. The lowest BCUT2D eigenvalue weighted by atomic mass is 9.68. The first-order chi connectivity index (χ1) is 12.4. The Bertz CT molecular complexity index is 1040. The first kappa shape index (κ1) is 16.5. The number of carbonyl (C=O) groups excluding carboxylic acids is 1. The molecule has 0 spiro atoms. The van der Waals surface area contributed by atoms with Gasteiger partial charge in [0.1, 0.15) is 11.4 Å².